The lowest BCUT2D eigenvalue weighted by atomic mass is 10.2. The molecule has 0 radical (unpaired) electrons. The highest BCUT2D eigenvalue weighted by Gasteiger charge is 2.04. The fourth-order valence-electron chi connectivity index (χ4n) is 1.75. The van der Waals surface area contributed by atoms with Crippen LogP contribution in [0.1, 0.15) is 18.1 Å². The molecular weight excluding hydrogens is 318 g/mol. The van der Waals surface area contributed by atoms with Crippen LogP contribution in [0.15, 0.2) is 53.5 Å². The molecule has 0 aliphatic rings. The molecule has 110 valence electrons. The van der Waals surface area contributed by atoms with Crippen molar-refractivity contribution in [1.82, 2.24) is 0 Å². The summed E-state index contributed by atoms with van der Waals surface area (Å²) in [5.74, 6) is 1.95. The van der Waals surface area contributed by atoms with Crippen LogP contribution < -0.4 is 0 Å². The minimum atomic E-state index is 0.730. The standard InChI is InChI=1S/C17H18ClNS2/c1-3-20-17(21-12-14-7-5-4-6-8-14)19-16-11-15(18)10-9-13(16)2/h4-11H,3,12H2,1-2H3. The topological polar surface area (TPSA) is 12.4 Å². The van der Waals surface area contributed by atoms with E-state index in [-0.39, 0.29) is 0 Å². The molecule has 0 aliphatic carbocycles. The van der Waals surface area contributed by atoms with Crippen LogP contribution >= 0.6 is 35.1 Å². The average molecular weight is 336 g/mol. The third-order valence-corrected chi connectivity index (χ3v) is 5.24. The van der Waals surface area contributed by atoms with Crippen LogP contribution in [-0.4, -0.2) is 10.1 Å². The Kier molecular flexibility index (Phi) is 6.68. The first-order valence-corrected chi connectivity index (χ1v) is 9.18. The maximum Gasteiger partial charge on any atom is 0.130 e. The van der Waals surface area contributed by atoms with E-state index in [0.29, 0.717) is 0 Å². The van der Waals surface area contributed by atoms with Gasteiger partial charge in [0.1, 0.15) is 4.38 Å². The molecule has 0 spiro atoms. The lowest BCUT2D eigenvalue weighted by Crippen LogP contribution is -1.89. The second-order valence-electron chi connectivity index (χ2n) is 4.52. The van der Waals surface area contributed by atoms with Crippen molar-refractivity contribution in [2.45, 2.75) is 19.6 Å². The van der Waals surface area contributed by atoms with Gasteiger partial charge in [-0.1, -0.05) is 78.4 Å². The summed E-state index contributed by atoms with van der Waals surface area (Å²) in [7, 11) is 0. The number of halogens is 1. The van der Waals surface area contributed by atoms with E-state index >= 15 is 0 Å². The Morgan fingerprint density at radius 3 is 2.57 bits per heavy atom. The molecule has 0 amide bonds. The van der Waals surface area contributed by atoms with E-state index in [0.717, 1.165) is 32.2 Å². The second kappa shape index (κ2) is 8.52. The first-order chi connectivity index (χ1) is 10.2. The fraction of sp³-hybridized carbons (Fsp3) is 0.235. The van der Waals surface area contributed by atoms with Crippen LogP contribution in [0.4, 0.5) is 5.69 Å². The van der Waals surface area contributed by atoms with E-state index < -0.39 is 0 Å². The van der Waals surface area contributed by atoms with Gasteiger partial charge in [-0.2, -0.15) is 0 Å². The van der Waals surface area contributed by atoms with E-state index in [2.05, 4.69) is 38.1 Å². The van der Waals surface area contributed by atoms with Gasteiger partial charge in [0, 0.05) is 10.8 Å². The predicted octanol–water partition coefficient (Wildman–Crippen LogP) is 6.32. The monoisotopic (exact) mass is 335 g/mol. The molecule has 0 heterocycles. The number of rotatable bonds is 4. The number of thioether (sulfide) groups is 2. The van der Waals surface area contributed by atoms with Gasteiger partial charge >= 0.3 is 0 Å². The average Bonchev–Trinajstić information content (AvgIpc) is 2.50. The Morgan fingerprint density at radius 2 is 1.86 bits per heavy atom. The number of aliphatic imine (C=N–C) groups is 1. The maximum atomic E-state index is 6.07. The summed E-state index contributed by atoms with van der Waals surface area (Å²) < 4.78 is 1.09. The van der Waals surface area contributed by atoms with E-state index in [1.165, 1.54) is 5.56 Å². The van der Waals surface area contributed by atoms with Gasteiger partial charge in [0.2, 0.25) is 0 Å². The van der Waals surface area contributed by atoms with Crippen LogP contribution in [0.5, 0.6) is 0 Å². The van der Waals surface area contributed by atoms with Crippen LogP contribution in [-0.2, 0) is 5.75 Å². The van der Waals surface area contributed by atoms with E-state index in [4.69, 9.17) is 16.6 Å². The largest absolute Gasteiger partial charge is 0.235 e. The lowest BCUT2D eigenvalue weighted by Gasteiger charge is -2.07. The zero-order valence-electron chi connectivity index (χ0n) is 12.2. The van der Waals surface area contributed by atoms with E-state index in [1.807, 2.05) is 24.3 Å². The van der Waals surface area contributed by atoms with Crippen LogP contribution in [0.25, 0.3) is 0 Å². The normalized spacial score (nSPS) is 11.7. The number of nitrogens with zero attached hydrogens (tertiary/aromatic N) is 1. The SMILES string of the molecule is CCSC(=Nc1cc(Cl)ccc1C)SCc1ccccc1. The smallest absolute Gasteiger partial charge is 0.130 e. The highest BCUT2D eigenvalue weighted by Crippen LogP contribution is 2.29. The maximum absolute atomic E-state index is 6.07. The lowest BCUT2D eigenvalue weighted by molar-refractivity contribution is 1.40. The van der Waals surface area contributed by atoms with E-state index in [9.17, 15) is 0 Å². The highest BCUT2D eigenvalue weighted by atomic mass is 35.5. The van der Waals surface area contributed by atoms with Gasteiger partial charge in [0.25, 0.3) is 0 Å². The van der Waals surface area contributed by atoms with Gasteiger partial charge in [-0.3, -0.25) is 0 Å². The molecule has 0 saturated carbocycles. The van der Waals surface area contributed by atoms with Crippen molar-refractivity contribution in [1.29, 1.82) is 0 Å². The van der Waals surface area contributed by atoms with Crippen molar-refractivity contribution >= 4 is 45.2 Å². The molecule has 0 fully saturated rings. The zero-order chi connectivity index (χ0) is 15.1. The van der Waals surface area contributed by atoms with Gasteiger partial charge in [-0.05, 0) is 35.9 Å². The third-order valence-electron chi connectivity index (χ3n) is 2.86. The Labute approximate surface area is 140 Å². The first-order valence-electron chi connectivity index (χ1n) is 6.83. The molecule has 2 rings (SSSR count). The molecular formula is C17H18ClNS2. The molecule has 0 aliphatic heterocycles. The Morgan fingerprint density at radius 1 is 1.10 bits per heavy atom. The van der Waals surface area contributed by atoms with Crippen molar-refractivity contribution in [3.63, 3.8) is 0 Å². The Balaban J connectivity index is 2.14. The summed E-state index contributed by atoms with van der Waals surface area (Å²) in [5.41, 5.74) is 3.42. The molecule has 2 aromatic rings. The summed E-state index contributed by atoms with van der Waals surface area (Å²) in [6.45, 7) is 4.21. The van der Waals surface area contributed by atoms with Gasteiger partial charge in [-0.15, -0.1) is 0 Å². The van der Waals surface area contributed by atoms with Crippen molar-refractivity contribution in [2.24, 2.45) is 4.99 Å². The molecule has 1 nitrogen and oxygen atoms in total. The third kappa shape index (κ3) is 5.42. The predicted molar refractivity (Wildman–Crippen MR) is 99.2 cm³/mol. The van der Waals surface area contributed by atoms with Gasteiger partial charge < -0.3 is 0 Å². The van der Waals surface area contributed by atoms with Crippen LogP contribution in [0, 0.1) is 6.92 Å². The van der Waals surface area contributed by atoms with Gasteiger partial charge in [0.15, 0.2) is 0 Å². The molecule has 2 aromatic carbocycles. The van der Waals surface area contributed by atoms with Crippen molar-refractivity contribution in [3.8, 4) is 0 Å². The fourth-order valence-corrected chi connectivity index (χ4v) is 3.84. The van der Waals surface area contributed by atoms with E-state index in [1.54, 1.807) is 23.5 Å². The first kappa shape index (κ1) is 16.5. The molecule has 0 aromatic heterocycles. The molecule has 0 saturated heterocycles. The molecule has 0 N–H and O–H groups in total. The highest BCUT2D eigenvalue weighted by molar-refractivity contribution is 8.38. The summed E-state index contributed by atoms with van der Waals surface area (Å²) in [6, 6.07) is 16.3. The Bertz CT molecular complexity index is 611. The summed E-state index contributed by atoms with van der Waals surface area (Å²) in [6.07, 6.45) is 0. The van der Waals surface area contributed by atoms with Crippen LogP contribution in [0.3, 0.4) is 0 Å². The number of benzene rings is 2. The summed E-state index contributed by atoms with van der Waals surface area (Å²) in [4.78, 5) is 4.78. The minimum Gasteiger partial charge on any atom is -0.235 e. The summed E-state index contributed by atoms with van der Waals surface area (Å²) >= 11 is 9.62. The summed E-state index contributed by atoms with van der Waals surface area (Å²) in [5, 5.41) is 0.730. The molecule has 0 bridgehead atoms. The molecule has 0 unspecified atom stereocenters. The number of hydrogen-bond acceptors (Lipinski definition) is 3. The van der Waals surface area contributed by atoms with Gasteiger partial charge in [0.05, 0.1) is 5.69 Å². The second-order valence-corrected chi connectivity index (χ2v) is 7.43. The van der Waals surface area contributed by atoms with Crippen molar-refractivity contribution < 1.29 is 0 Å². The Hall–Kier alpha value is -0.900. The minimum absolute atomic E-state index is 0.730. The molecule has 0 atom stereocenters. The molecule has 4 heteroatoms. The number of hydrogen-bond donors (Lipinski definition) is 0. The zero-order valence-corrected chi connectivity index (χ0v) is 14.6. The van der Waals surface area contributed by atoms with Gasteiger partial charge in [-0.25, -0.2) is 4.99 Å². The van der Waals surface area contributed by atoms with Crippen LogP contribution in [0.2, 0.25) is 5.02 Å². The van der Waals surface area contributed by atoms with Crippen molar-refractivity contribution in [2.75, 3.05) is 5.75 Å². The van der Waals surface area contributed by atoms with Crippen molar-refractivity contribution in [3.05, 3.63) is 64.7 Å². The quantitative estimate of drug-likeness (QED) is 0.478. The number of aryl methyl sites for hydroxylation is 1. The molecule has 21 heavy (non-hydrogen) atoms.